The zero-order valence-electron chi connectivity index (χ0n) is 14.1. The van der Waals surface area contributed by atoms with Gasteiger partial charge in [-0.15, -0.1) is 0 Å². The Morgan fingerprint density at radius 3 is 2.58 bits per heavy atom. The van der Waals surface area contributed by atoms with Gasteiger partial charge in [0.15, 0.2) is 0 Å². The number of nitrogens with zero attached hydrogens (tertiary/aromatic N) is 3. The normalized spacial score (nSPS) is 16.9. The molecule has 6 nitrogen and oxygen atoms in total. The molecule has 0 saturated carbocycles. The van der Waals surface area contributed by atoms with E-state index in [0.717, 1.165) is 11.4 Å². The molecule has 1 aliphatic rings. The summed E-state index contributed by atoms with van der Waals surface area (Å²) in [7, 11) is 1.60. The standard InChI is InChI=1S/C19H16FN3O3/c1-25-16-8-6-15(7-9-16)23-11-13(10-17(23)24)19-21-18(22-26-19)12-2-4-14(20)5-3-12/h2-9,13H,10-11H2,1H3. The summed E-state index contributed by atoms with van der Waals surface area (Å²) in [4.78, 5) is 18.5. The molecule has 1 aromatic heterocycles. The lowest BCUT2D eigenvalue weighted by Gasteiger charge is -2.16. The molecular weight excluding hydrogens is 337 g/mol. The molecule has 4 rings (SSSR count). The number of carbonyl (C=O) groups excluding carboxylic acids is 1. The Morgan fingerprint density at radius 2 is 1.88 bits per heavy atom. The topological polar surface area (TPSA) is 68.5 Å². The fraction of sp³-hybridized carbons (Fsp3) is 0.211. The number of aromatic nitrogens is 2. The summed E-state index contributed by atoms with van der Waals surface area (Å²) in [5.41, 5.74) is 1.47. The van der Waals surface area contributed by atoms with E-state index in [-0.39, 0.29) is 17.6 Å². The van der Waals surface area contributed by atoms with Crippen LogP contribution in [0.25, 0.3) is 11.4 Å². The molecule has 1 fully saturated rings. The summed E-state index contributed by atoms with van der Waals surface area (Å²) < 4.78 is 23.5. The van der Waals surface area contributed by atoms with Gasteiger partial charge < -0.3 is 14.2 Å². The number of anilines is 1. The zero-order valence-corrected chi connectivity index (χ0v) is 14.1. The molecule has 1 aliphatic heterocycles. The van der Waals surface area contributed by atoms with E-state index < -0.39 is 0 Å². The first-order valence-corrected chi connectivity index (χ1v) is 8.18. The van der Waals surface area contributed by atoms with Gasteiger partial charge in [0, 0.05) is 24.2 Å². The van der Waals surface area contributed by atoms with Gasteiger partial charge in [0.2, 0.25) is 17.6 Å². The molecule has 1 amide bonds. The molecule has 2 heterocycles. The van der Waals surface area contributed by atoms with Crippen LogP contribution in [0.3, 0.4) is 0 Å². The van der Waals surface area contributed by atoms with Crippen molar-refractivity contribution in [2.45, 2.75) is 12.3 Å². The van der Waals surface area contributed by atoms with E-state index in [1.165, 1.54) is 12.1 Å². The minimum absolute atomic E-state index is 0.00157. The van der Waals surface area contributed by atoms with Gasteiger partial charge in [-0.1, -0.05) is 5.16 Å². The van der Waals surface area contributed by atoms with E-state index in [0.29, 0.717) is 30.2 Å². The molecule has 0 spiro atoms. The number of carbonyl (C=O) groups is 1. The van der Waals surface area contributed by atoms with Crippen LogP contribution in [0.1, 0.15) is 18.2 Å². The summed E-state index contributed by atoms with van der Waals surface area (Å²) in [5, 5.41) is 3.95. The molecule has 1 unspecified atom stereocenters. The molecular formula is C19H16FN3O3. The largest absolute Gasteiger partial charge is 0.497 e. The maximum absolute atomic E-state index is 13.0. The summed E-state index contributed by atoms with van der Waals surface area (Å²) in [6, 6.07) is 13.2. The average Bonchev–Trinajstić information content (AvgIpc) is 3.29. The van der Waals surface area contributed by atoms with Gasteiger partial charge in [-0.3, -0.25) is 4.79 Å². The summed E-state index contributed by atoms with van der Waals surface area (Å²) >= 11 is 0. The van der Waals surface area contributed by atoms with Gasteiger partial charge in [0.1, 0.15) is 11.6 Å². The first kappa shape index (κ1) is 16.3. The molecule has 1 saturated heterocycles. The van der Waals surface area contributed by atoms with Crippen molar-refractivity contribution in [1.29, 1.82) is 0 Å². The predicted octanol–water partition coefficient (Wildman–Crippen LogP) is 3.40. The van der Waals surface area contributed by atoms with Crippen LogP contribution in [0, 0.1) is 5.82 Å². The molecule has 0 N–H and O–H groups in total. The van der Waals surface area contributed by atoms with Crippen molar-refractivity contribution in [2.24, 2.45) is 0 Å². The Bertz CT molecular complexity index is 922. The van der Waals surface area contributed by atoms with Gasteiger partial charge in [-0.2, -0.15) is 4.98 Å². The lowest BCUT2D eigenvalue weighted by Crippen LogP contribution is -2.24. The lowest BCUT2D eigenvalue weighted by atomic mass is 10.1. The molecule has 26 heavy (non-hydrogen) atoms. The molecule has 1 atom stereocenters. The van der Waals surface area contributed by atoms with Gasteiger partial charge in [0.25, 0.3) is 0 Å². The molecule has 3 aromatic rings. The zero-order chi connectivity index (χ0) is 18.1. The number of halogens is 1. The maximum atomic E-state index is 13.0. The number of hydrogen-bond acceptors (Lipinski definition) is 5. The Morgan fingerprint density at radius 1 is 1.15 bits per heavy atom. The van der Waals surface area contributed by atoms with E-state index in [4.69, 9.17) is 9.26 Å². The quantitative estimate of drug-likeness (QED) is 0.719. The van der Waals surface area contributed by atoms with E-state index in [9.17, 15) is 9.18 Å². The first-order chi connectivity index (χ1) is 12.6. The lowest BCUT2D eigenvalue weighted by molar-refractivity contribution is -0.117. The van der Waals surface area contributed by atoms with Gasteiger partial charge in [-0.25, -0.2) is 4.39 Å². The minimum Gasteiger partial charge on any atom is -0.497 e. The third kappa shape index (κ3) is 3.03. The van der Waals surface area contributed by atoms with Crippen molar-refractivity contribution in [2.75, 3.05) is 18.6 Å². The summed E-state index contributed by atoms with van der Waals surface area (Å²) in [5.74, 6) is 1.03. The van der Waals surface area contributed by atoms with Crippen LogP contribution in [0.5, 0.6) is 5.75 Å². The van der Waals surface area contributed by atoms with Crippen molar-refractivity contribution in [3.63, 3.8) is 0 Å². The third-order valence-corrected chi connectivity index (χ3v) is 4.40. The number of rotatable bonds is 4. The van der Waals surface area contributed by atoms with Crippen molar-refractivity contribution in [3.8, 4) is 17.1 Å². The van der Waals surface area contributed by atoms with Crippen LogP contribution in [0.2, 0.25) is 0 Å². The van der Waals surface area contributed by atoms with E-state index in [1.807, 2.05) is 24.3 Å². The Kier molecular flexibility index (Phi) is 4.12. The maximum Gasteiger partial charge on any atom is 0.232 e. The van der Waals surface area contributed by atoms with Crippen molar-refractivity contribution in [1.82, 2.24) is 10.1 Å². The summed E-state index contributed by atoms with van der Waals surface area (Å²) in [6.07, 6.45) is 0.303. The number of amides is 1. The van der Waals surface area contributed by atoms with Crippen LogP contribution < -0.4 is 9.64 Å². The van der Waals surface area contributed by atoms with Crippen LogP contribution >= 0.6 is 0 Å². The monoisotopic (exact) mass is 353 g/mol. The van der Waals surface area contributed by atoms with Crippen LogP contribution in [0.4, 0.5) is 10.1 Å². The highest BCUT2D eigenvalue weighted by molar-refractivity contribution is 5.96. The van der Waals surface area contributed by atoms with Crippen molar-refractivity contribution in [3.05, 3.63) is 60.2 Å². The van der Waals surface area contributed by atoms with E-state index >= 15 is 0 Å². The summed E-state index contributed by atoms with van der Waals surface area (Å²) in [6.45, 7) is 0.468. The molecule has 0 radical (unpaired) electrons. The Labute approximate surface area is 149 Å². The van der Waals surface area contributed by atoms with Gasteiger partial charge >= 0.3 is 0 Å². The van der Waals surface area contributed by atoms with Gasteiger partial charge in [0.05, 0.1) is 13.0 Å². The highest BCUT2D eigenvalue weighted by Gasteiger charge is 2.35. The van der Waals surface area contributed by atoms with E-state index in [1.54, 1.807) is 24.1 Å². The fourth-order valence-electron chi connectivity index (χ4n) is 3.00. The minimum atomic E-state index is -0.325. The second kappa shape index (κ2) is 6.59. The molecule has 132 valence electrons. The van der Waals surface area contributed by atoms with Crippen LogP contribution in [-0.2, 0) is 4.79 Å². The Hall–Kier alpha value is -3.22. The third-order valence-electron chi connectivity index (χ3n) is 4.40. The van der Waals surface area contributed by atoms with Gasteiger partial charge in [-0.05, 0) is 48.5 Å². The van der Waals surface area contributed by atoms with E-state index in [2.05, 4.69) is 10.1 Å². The van der Waals surface area contributed by atoms with Crippen molar-refractivity contribution < 1.29 is 18.4 Å². The molecule has 2 aromatic carbocycles. The highest BCUT2D eigenvalue weighted by Crippen LogP contribution is 2.32. The molecule has 0 aliphatic carbocycles. The predicted molar refractivity (Wildman–Crippen MR) is 92.4 cm³/mol. The SMILES string of the molecule is COc1ccc(N2CC(c3nc(-c4ccc(F)cc4)no3)CC2=O)cc1. The number of hydrogen-bond donors (Lipinski definition) is 0. The average molecular weight is 353 g/mol. The highest BCUT2D eigenvalue weighted by atomic mass is 19.1. The fourth-order valence-corrected chi connectivity index (χ4v) is 3.00. The molecule has 7 heteroatoms. The smallest absolute Gasteiger partial charge is 0.232 e. The number of ether oxygens (including phenoxy) is 1. The van der Waals surface area contributed by atoms with Crippen LogP contribution in [0.15, 0.2) is 53.1 Å². The second-order valence-corrected chi connectivity index (χ2v) is 6.07. The second-order valence-electron chi connectivity index (χ2n) is 6.07. The molecule has 0 bridgehead atoms. The van der Waals surface area contributed by atoms with Crippen LogP contribution in [-0.4, -0.2) is 29.7 Å². The first-order valence-electron chi connectivity index (χ1n) is 8.18. The Balaban J connectivity index is 1.52. The number of benzene rings is 2. The van der Waals surface area contributed by atoms with Crippen molar-refractivity contribution >= 4 is 11.6 Å². The number of methoxy groups -OCH3 is 1.